The number of benzene rings is 1. The van der Waals surface area contributed by atoms with Gasteiger partial charge in [-0.25, -0.2) is 4.39 Å². The zero-order valence-electron chi connectivity index (χ0n) is 15.2. The minimum absolute atomic E-state index is 0.111. The summed E-state index contributed by atoms with van der Waals surface area (Å²) in [6.45, 7) is 6.86. The molecule has 25 heavy (non-hydrogen) atoms. The van der Waals surface area contributed by atoms with Crippen LogP contribution in [0, 0.1) is 18.2 Å². The second-order valence-corrected chi connectivity index (χ2v) is 7.55. The third kappa shape index (κ3) is 3.86. The lowest BCUT2D eigenvalue weighted by Crippen LogP contribution is -2.52. The van der Waals surface area contributed by atoms with Crippen molar-refractivity contribution in [3.05, 3.63) is 35.1 Å². The summed E-state index contributed by atoms with van der Waals surface area (Å²) >= 11 is 0. The highest BCUT2D eigenvalue weighted by atomic mass is 19.1. The van der Waals surface area contributed by atoms with Crippen molar-refractivity contribution < 1.29 is 14.0 Å². The zero-order chi connectivity index (χ0) is 18.0. The molecule has 0 aliphatic carbocycles. The second-order valence-electron chi connectivity index (χ2n) is 7.55. The number of carbonyl (C=O) groups excluding carboxylic acids is 2. The van der Waals surface area contributed by atoms with Gasteiger partial charge in [-0.05, 0) is 55.7 Å². The molecule has 0 atom stereocenters. The van der Waals surface area contributed by atoms with Crippen LogP contribution < -0.4 is 0 Å². The fourth-order valence-electron chi connectivity index (χ4n) is 4.13. The van der Waals surface area contributed by atoms with Gasteiger partial charge in [0.2, 0.25) is 11.8 Å². The molecule has 2 fully saturated rings. The highest BCUT2D eigenvalue weighted by Gasteiger charge is 2.41. The summed E-state index contributed by atoms with van der Waals surface area (Å²) in [5.74, 6) is 0.141. The van der Waals surface area contributed by atoms with Gasteiger partial charge in [-0.2, -0.15) is 0 Å². The van der Waals surface area contributed by atoms with E-state index in [2.05, 4.69) is 0 Å². The van der Waals surface area contributed by atoms with Crippen LogP contribution in [0.25, 0.3) is 0 Å². The number of aryl methyl sites for hydroxylation is 1. The summed E-state index contributed by atoms with van der Waals surface area (Å²) in [6.07, 6.45) is 3.84. The largest absolute Gasteiger partial charge is 0.342 e. The predicted molar refractivity (Wildman–Crippen MR) is 94.6 cm³/mol. The van der Waals surface area contributed by atoms with Gasteiger partial charge in [-0.3, -0.25) is 9.59 Å². The minimum Gasteiger partial charge on any atom is -0.342 e. The first-order valence-corrected chi connectivity index (χ1v) is 9.23. The van der Waals surface area contributed by atoms with Crippen molar-refractivity contribution in [2.24, 2.45) is 5.41 Å². The van der Waals surface area contributed by atoms with Crippen LogP contribution in [0.15, 0.2) is 18.2 Å². The van der Waals surface area contributed by atoms with E-state index in [0.29, 0.717) is 18.4 Å². The third-order valence-corrected chi connectivity index (χ3v) is 5.88. The zero-order valence-corrected chi connectivity index (χ0v) is 15.2. The molecule has 2 heterocycles. The van der Waals surface area contributed by atoms with Gasteiger partial charge in [0, 0.05) is 32.6 Å². The molecule has 0 N–H and O–H groups in total. The molecule has 0 saturated carbocycles. The Morgan fingerprint density at radius 2 is 1.96 bits per heavy atom. The molecular weight excluding hydrogens is 319 g/mol. The first kappa shape index (κ1) is 17.9. The van der Waals surface area contributed by atoms with Crippen molar-refractivity contribution in [3.8, 4) is 0 Å². The Hall–Kier alpha value is -1.91. The van der Waals surface area contributed by atoms with E-state index in [1.54, 1.807) is 19.1 Å². The van der Waals surface area contributed by atoms with E-state index >= 15 is 0 Å². The highest BCUT2D eigenvalue weighted by Crippen LogP contribution is 2.40. The molecule has 0 bridgehead atoms. The normalized spacial score (nSPS) is 20.2. The molecule has 0 radical (unpaired) electrons. The fraction of sp³-hybridized carbons (Fsp3) is 0.600. The number of likely N-dealkylation sites (tertiary alicyclic amines) is 2. The van der Waals surface area contributed by atoms with Gasteiger partial charge in [0.05, 0.1) is 6.42 Å². The lowest BCUT2D eigenvalue weighted by atomic mass is 9.72. The van der Waals surface area contributed by atoms with E-state index in [1.807, 2.05) is 16.7 Å². The molecule has 0 aromatic heterocycles. The van der Waals surface area contributed by atoms with E-state index in [1.165, 1.54) is 6.07 Å². The number of nitrogens with zero attached hydrogens (tertiary/aromatic N) is 2. The lowest BCUT2D eigenvalue weighted by molar-refractivity contribution is -0.142. The average molecular weight is 346 g/mol. The van der Waals surface area contributed by atoms with Crippen molar-refractivity contribution in [1.29, 1.82) is 0 Å². The van der Waals surface area contributed by atoms with E-state index in [4.69, 9.17) is 0 Å². The maximum Gasteiger partial charge on any atom is 0.226 e. The van der Waals surface area contributed by atoms with E-state index in [0.717, 1.165) is 51.0 Å². The van der Waals surface area contributed by atoms with Crippen LogP contribution >= 0.6 is 0 Å². The van der Waals surface area contributed by atoms with E-state index in [-0.39, 0.29) is 23.0 Å². The first-order chi connectivity index (χ1) is 11.9. The van der Waals surface area contributed by atoms with Crippen LogP contribution in [0.4, 0.5) is 4.39 Å². The number of amides is 2. The van der Waals surface area contributed by atoms with Gasteiger partial charge in [0.15, 0.2) is 0 Å². The van der Waals surface area contributed by atoms with Gasteiger partial charge in [0.1, 0.15) is 5.82 Å². The Labute approximate surface area is 149 Å². The maximum absolute atomic E-state index is 13.4. The SMILES string of the molecule is CCN1CC2(CCC1=O)CCN(C(=O)Cc1ccc(F)c(C)c1)CC2. The Morgan fingerprint density at radius 1 is 1.24 bits per heavy atom. The van der Waals surface area contributed by atoms with Crippen LogP contribution in [0.1, 0.15) is 43.7 Å². The molecule has 136 valence electrons. The number of hydrogen-bond donors (Lipinski definition) is 0. The standard InChI is InChI=1S/C20H27FN2O2/c1-3-22-14-20(7-6-18(22)24)8-10-23(11-9-20)19(25)13-16-4-5-17(21)15(2)12-16/h4-5,12H,3,6-11,13-14H2,1-2H3. The quantitative estimate of drug-likeness (QED) is 0.844. The Kier molecular flexibility index (Phi) is 5.11. The molecule has 5 heteroatoms. The molecule has 2 amide bonds. The summed E-state index contributed by atoms with van der Waals surface area (Å²) < 4.78 is 13.4. The molecule has 4 nitrogen and oxygen atoms in total. The summed E-state index contributed by atoms with van der Waals surface area (Å²) in [5, 5.41) is 0. The Morgan fingerprint density at radius 3 is 2.60 bits per heavy atom. The van der Waals surface area contributed by atoms with Crippen LogP contribution in [-0.4, -0.2) is 47.8 Å². The van der Waals surface area contributed by atoms with Gasteiger partial charge in [-0.1, -0.05) is 12.1 Å². The second kappa shape index (κ2) is 7.14. The number of rotatable bonds is 3. The fourth-order valence-corrected chi connectivity index (χ4v) is 4.13. The van der Waals surface area contributed by atoms with Gasteiger partial charge in [-0.15, -0.1) is 0 Å². The van der Waals surface area contributed by atoms with Gasteiger partial charge in [0.25, 0.3) is 0 Å². The van der Waals surface area contributed by atoms with Crippen molar-refractivity contribution in [1.82, 2.24) is 9.80 Å². The molecular formula is C20H27FN2O2. The molecule has 2 aliphatic rings. The maximum atomic E-state index is 13.4. The number of carbonyl (C=O) groups is 2. The van der Waals surface area contributed by atoms with Gasteiger partial charge < -0.3 is 9.80 Å². The summed E-state index contributed by atoms with van der Waals surface area (Å²) in [7, 11) is 0. The molecule has 1 spiro atoms. The highest BCUT2D eigenvalue weighted by molar-refractivity contribution is 5.79. The molecule has 1 aromatic carbocycles. The molecule has 2 aliphatic heterocycles. The topological polar surface area (TPSA) is 40.6 Å². The van der Waals surface area contributed by atoms with Crippen LogP contribution in [0.5, 0.6) is 0 Å². The molecule has 2 saturated heterocycles. The monoisotopic (exact) mass is 346 g/mol. The van der Waals surface area contributed by atoms with E-state index in [9.17, 15) is 14.0 Å². The van der Waals surface area contributed by atoms with Crippen LogP contribution in [0.3, 0.4) is 0 Å². The van der Waals surface area contributed by atoms with Crippen molar-refractivity contribution >= 4 is 11.8 Å². The van der Waals surface area contributed by atoms with Crippen molar-refractivity contribution in [2.75, 3.05) is 26.2 Å². The Balaban J connectivity index is 1.57. The minimum atomic E-state index is -0.233. The van der Waals surface area contributed by atoms with Gasteiger partial charge >= 0.3 is 0 Å². The van der Waals surface area contributed by atoms with Crippen molar-refractivity contribution in [3.63, 3.8) is 0 Å². The Bertz CT molecular complexity index is 666. The summed E-state index contributed by atoms with van der Waals surface area (Å²) in [6, 6.07) is 4.88. The average Bonchev–Trinajstić information content (AvgIpc) is 2.61. The smallest absolute Gasteiger partial charge is 0.226 e. The van der Waals surface area contributed by atoms with E-state index < -0.39 is 0 Å². The van der Waals surface area contributed by atoms with Crippen molar-refractivity contribution in [2.45, 2.75) is 46.0 Å². The third-order valence-electron chi connectivity index (χ3n) is 5.88. The molecule has 3 rings (SSSR count). The lowest BCUT2D eigenvalue weighted by Gasteiger charge is -2.47. The molecule has 1 aromatic rings. The summed E-state index contributed by atoms with van der Waals surface area (Å²) in [5.41, 5.74) is 1.63. The number of halogens is 1. The first-order valence-electron chi connectivity index (χ1n) is 9.23. The van der Waals surface area contributed by atoms with Crippen LogP contribution in [0.2, 0.25) is 0 Å². The predicted octanol–water partition coefficient (Wildman–Crippen LogP) is 2.93. The molecule has 0 unspecified atom stereocenters. The summed E-state index contributed by atoms with van der Waals surface area (Å²) in [4.78, 5) is 28.4. The van der Waals surface area contributed by atoms with Crippen LogP contribution in [-0.2, 0) is 16.0 Å². The number of hydrogen-bond acceptors (Lipinski definition) is 2. The number of piperidine rings is 2.